The van der Waals surface area contributed by atoms with Crippen LogP contribution >= 0.6 is 0 Å². The Hall–Kier alpha value is -2.24. The molecule has 0 unspecified atom stereocenters. The number of carbonyl (C=O) groups excluding carboxylic acids is 1. The predicted octanol–water partition coefficient (Wildman–Crippen LogP) is 4.66. The van der Waals surface area contributed by atoms with E-state index in [1.807, 2.05) is 0 Å². The number of hydrazone groups is 1. The topological polar surface area (TPSA) is 59.9 Å². The van der Waals surface area contributed by atoms with Gasteiger partial charge in [0.15, 0.2) is 0 Å². The number of nitrogens with zero attached hydrogens (tertiary/aromatic N) is 1. The lowest BCUT2D eigenvalue weighted by Gasteiger charge is -2.31. The second kappa shape index (κ2) is 8.25. The lowest BCUT2D eigenvalue weighted by atomic mass is 9.96. The van der Waals surface area contributed by atoms with Gasteiger partial charge in [0.25, 0.3) is 5.92 Å². The quantitative estimate of drug-likeness (QED) is 0.567. The molecule has 158 valence electrons. The lowest BCUT2D eigenvalue weighted by Crippen LogP contribution is -2.37. The summed E-state index contributed by atoms with van der Waals surface area (Å²) < 4.78 is 39.2. The lowest BCUT2D eigenvalue weighted by molar-refractivity contribution is -0.0699. The monoisotopic (exact) mass is 422 g/mol. The van der Waals surface area contributed by atoms with Gasteiger partial charge in [-0.25, -0.2) is 10.2 Å². The van der Waals surface area contributed by atoms with E-state index in [0.29, 0.717) is 11.3 Å². The zero-order valence-corrected chi connectivity index (χ0v) is 18.9. The average molecular weight is 423 g/mol. The normalized spacial score (nSPS) is 17.6. The maximum absolute atomic E-state index is 14.7. The summed E-state index contributed by atoms with van der Waals surface area (Å²) >= 11 is 0. The summed E-state index contributed by atoms with van der Waals surface area (Å²) in [5, 5.41) is 4.01. The Labute approximate surface area is 171 Å². The van der Waals surface area contributed by atoms with E-state index in [2.05, 4.69) is 55.9 Å². The fourth-order valence-corrected chi connectivity index (χ4v) is 3.36. The van der Waals surface area contributed by atoms with Crippen molar-refractivity contribution in [3.05, 3.63) is 34.9 Å². The number of methoxy groups -OCH3 is 1. The van der Waals surface area contributed by atoms with Crippen LogP contribution in [0.2, 0.25) is 18.1 Å². The van der Waals surface area contributed by atoms with Gasteiger partial charge in [-0.2, -0.15) is 13.9 Å². The molecule has 0 saturated heterocycles. The van der Waals surface area contributed by atoms with Crippen LogP contribution < -0.4 is 5.43 Å². The van der Waals surface area contributed by atoms with E-state index in [1.54, 1.807) is 13.0 Å². The largest absolute Gasteiger partial charge is 0.439 e. The van der Waals surface area contributed by atoms with Crippen molar-refractivity contribution in [3.63, 3.8) is 0 Å². The van der Waals surface area contributed by atoms with Gasteiger partial charge in [0.05, 0.1) is 0 Å². The Morgan fingerprint density at radius 2 is 1.97 bits per heavy atom. The Morgan fingerprint density at radius 1 is 1.31 bits per heavy atom. The second-order valence-corrected chi connectivity index (χ2v) is 13.7. The van der Waals surface area contributed by atoms with Crippen LogP contribution in [0.15, 0.2) is 23.3 Å². The highest BCUT2D eigenvalue weighted by molar-refractivity contribution is 6.87. The van der Waals surface area contributed by atoms with Crippen molar-refractivity contribution in [2.45, 2.75) is 57.9 Å². The van der Waals surface area contributed by atoms with Crippen molar-refractivity contribution in [2.24, 2.45) is 5.10 Å². The van der Waals surface area contributed by atoms with E-state index in [0.717, 1.165) is 0 Å². The first-order valence-electron chi connectivity index (χ1n) is 9.37. The summed E-state index contributed by atoms with van der Waals surface area (Å²) in [5.74, 6) is -0.164. The van der Waals surface area contributed by atoms with Gasteiger partial charge in [0.1, 0.15) is 26.5 Å². The third-order valence-electron chi connectivity index (χ3n) is 5.36. The second-order valence-electron chi connectivity index (χ2n) is 8.68. The first-order valence-corrected chi connectivity index (χ1v) is 12.4. The highest BCUT2D eigenvalue weighted by Gasteiger charge is 2.36. The third kappa shape index (κ3) is 5.22. The molecule has 0 aliphatic carbocycles. The molecule has 1 N–H and O–H groups in total. The SMILES string of the molecule is COCC(F)(F)c1ccc(C2=NNC(=O)O[C@H]2C)cc1C#C[Si](C)(C)C(C)(C)C. The number of hydrogen-bond acceptors (Lipinski definition) is 4. The van der Waals surface area contributed by atoms with Gasteiger partial charge in [-0.05, 0) is 18.0 Å². The maximum atomic E-state index is 14.7. The molecule has 29 heavy (non-hydrogen) atoms. The van der Waals surface area contributed by atoms with Crippen LogP contribution in [0.25, 0.3) is 0 Å². The summed E-state index contributed by atoms with van der Waals surface area (Å²) in [6, 6.07) is 4.46. The van der Waals surface area contributed by atoms with Gasteiger partial charge >= 0.3 is 6.09 Å². The van der Waals surface area contributed by atoms with E-state index in [4.69, 9.17) is 9.47 Å². The van der Waals surface area contributed by atoms with Crippen LogP contribution in [-0.2, 0) is 15.4 Å². The number of rotatable bonds is 4. The van der Waals surface area contributed by atoms with E-state index in [1.165, 1.54) is 19.2 Å². The molecule has 0 saturated carbocycles. The molecule has 1 atom stereocenters. The molecule has 0 fully saturated rings. The number of halogens is 2. The molecule has 1 aliphatic rings. The average Bonchev–Trinajstić information content (AvgIpc) is 2.58. The van der Waals surface area contributed by atoms with Gasteiger partial charge in [-0.3, -0.25) is 0 Å². The van der Waals surface area contributed by atoms with Crippen molar-refractivity contribution >= 4 is 19.9 Å². The number of hydrogen-bond donors (Lipinski definition) is 1. The van der Waals surface area contributed by atoms with Crippen LogP contribution in [-0.4, -0.2) is 39.7 Å². The Balaban J connectivity index is 2.60. The molecular formula is C21H28F2N2O3Si. The van der Waals surface area contributed by atoms with Gasteiger partial charge in [0, 0.05) is 23.8 Å². The van der Waals surface area contributed by atoms with Crippen LogP contribution in [0.1, 0.15) is 44.4 Å². The minimum Gasteiger partial charge on any atom is -0.439 e. The molecule has 1 aliphatic heterocycles. The molecule has 0 bridgehead atoms. The molecular weight excluding hydrogens is 394 g/mol. The zero-order chi connectivity index (χ0) is 22.0. The number of ether oxygens (including phenoxy) is 2. The first-order chi connectivity index (χ1) is 13.3. The highest BCUT2D eigenvalue weighted by Crippen LogP contribution is 2.36. The fraction of sp³-hybridized carbons (Fsp3) is 0.524. The van der Waals surface area contributed by atoms with E-state index < -0.39 is 32.8 Å². The summed E-state index contributed by atoms with van der Waals surface area (Å²) in [7, 11) is -0.779. The Bertz CT molecular complexity index is 880. The van der Waals surface area contributed by atoms with E-state index in [9.17, 15) is 13.6 Å². The molecule has 5 nitrogen and oxygen atoms in total. The minimum atomic E-state index is -3.19. The summed E-state index contributed by atoms with van der Waals surface area (Å²) in [6.07, 6.45) is -1.25. The van der Waals surface area contributed by atoms with E-state index in [-0.39, 0.29) is 16.2 Å². The van der Waals surface area contributed by atoms with Crippen molar-refractivity contribution in [2.75, 3.05) is 13.7 Å². The van der Waals surface area contributed by atoms with Crippen LogP contribution in [0.4, 0.5) is 13.6 Å². The van der Waals surface area contributed by atoms with Gasteiger partial charge in [0.2, 0.25) is 0 Å². The number of alkyl halides is 2. The molecule has 0 radical (unpaired) electrons. The molecule has 1 heterocycles. The van der Waals surface area contributed by atoms with Crippen LogP contribution in [0.3, 0.4) is 0 Å². The van der Waals surface area contributed by atoms with Gasteiger partial charge < -0.3 is 9.47 Å². The van der Waals surface area contributed by atoms with Crippen LogP contribution in [0, 0.1) is 11.5 Å². The maximum Gasteiger partial charge on any atom is 0.428 e. The van der Waals surface area contributed by atoms with Crippen molar-refractivity contribution in [1.29, 1.82) is 0 Å². The number of amides is 1. The molecule has 1 amide bonds. The van der Waals surface area contributed by atoms with Crippen molar-refractivity contribution in [1.82, 2.24) is 5.43 Å². The summed E-state index contributed by atoms with van der Waals surface area (Å²) in [6.45, 7) is 11.5. The summed E-state index contributed by atoms with van der Waals surface area (Å²) in [4.78, 5) is 11.3. The first kappa shape index (κ1) is 23.0. The highest BCUT2D eigenvalue weighted by atomic mass is 28.3. The number of cyclic esters (lactones) is 1. The predicted molar refractivity (Wildman–Crippen MR) is 112 cm³/mol. The van der Waals surface area contributed by atoms with Gasteiger partial charge in [-0.15, -0.1) is 5.54 Å². The molecule has 0 aromatic heterocycles. The van der Waals surface area contributed by atoms with Crippen molar-refractivity contribution in [3.8, 4) is 11.5 Å². The number of carbonyl (C=O) groups is 1. The number of benzene rings is 1. The zero-order valence-electron chi connectivity index (χ0n) is 17.9. The molecule has 2 rings (SSSR count). The van der Waals surface area contributed by atoms with Crippen molar-refractivity contribution < 1.29 is 23.0 Å². The molecule has 8 heteroatoms. The minimum absolute atomic E-state index is 0.00703. The van der Waals surface area contributed by atoms with E-state index >= 15 is 0 Å². The molecule has 1 aromatic rings. The Kier molecular flexibility index (Phi) is 6.55. The number of nitrogens with one attached hydrogen (secondary N) is 1. The van der Waals surface area contributed by atoms with Gasteiger partial charge in [-0.1, -0.05) is 51.9 Å². The fourth-order valence-electron chi connectivity index (χ4n) is 2.53. The Morgan fingerprint density at radius 3 is 2.52 bits per heavy atom. The molecule has 1 aromatic carbocycles. The summed E-state index contributed by atoms with van der Waals surface area (Å²) in [5.41, 5.74) is 6.59. The third-order valence-corrected chi connectivity index (χ3v) is 9.86. The van der Waals surface area contributed by atoms with Crippen LogP contribution in [0.5, 0.6) is 0 Å². The molecule has 0 spiro atoms. The smallest absolute Gasteiger partial charge is 0.428 e. The standard InChI is InChI=1S/C21H28F2N2O3Si/c1-14-18(24-25-19(26)28-14)16-8-9-17(21(22,23)13-27-5)15(12-16)10-11-29(6,7)20(2,3)4/h8-9,12,14H,13H2,1-7H3,(H,25,26)/t14-/m0/s1.